The Balaban J connectivity index is 0.000000253. The van der Waals surface area contributed by atoms with Crippen molar-refractivity contribution in [2.45, 2.75) is 32.0 Å². The number of nitrogens with zero attached hydrogens (tertiary/aromatic N) is 2. The Morgan fingerprint density at radius 3 is 2.66 bits per heavy atom. The molecule has 3 N–H and O–H groups in total. The first-order valence-electron chi connectivity index (χ1n) is 8.70. The van der Waals surface area contributed by atoms with E-state index in [1.54, 1.807) is 6.92 Å². The summed E-state index contributed by atoms with van der Waals surface area (Å²) in [6, 6.07) is 2.18. The lowest BCUT2D eigenvalue weighted by Crippen LogP contribution is -2.41. The maximum absolute atomic E-state index is 11.9. The van der Waals surface area contributed by atoms with Crippen molar-refractivity contribution in [3.8, 4) is 6.07 Å². The first-order valence-corrected chi connectivity index (χ1v) is 8.70. The van der Waals surface area contributed by atoms with Crippen molar-refractivity contribution in [1.29, 1.82) is 10.7 Å². The minimum absolute atomic E-state index is 0.0723. The third-order valence-electron chi connectivity index (χ3n) is 4.24. The van der Waals surface area contributed by atoms with Crippen LogP contribution in [0.5, 0.6) is 0 Å². The first-order chi connectivity index (χ1) is 13.7. The molecule has 154 valence electrons. The van der Waals surface area contributed by atoms with Crippen LogP contribution in [-0.4, -0.2) is 41.2 Å². The second kappa shape index (κ2) is 9.34. The van der Waals surface area contributed by atoms with Crippen molar-refractivity contribution in [3.63, 3.8) is 0 Å². The summed E-state index contributed by atoms with van der Waals surface area (Å²) >= 11 is 0. The quantitative estimate of drug-likeness (QED) is 0.498. The number of carbonyl (C=O) groups excluding carboxylic acids is 1. The number of hydrogen-bond acceptors (Lipinski definition) is 6. The summed E-state index contributed by atoms with van der Waals surface area (Å²) in [5, 5.41) is 19.0. The molecule has 1 aliphatic rings. The minimum atomic E-state index is -4.06. The van der Waals surface area contributed by atoms with Crippen molar-refractivity contribution in [1.82, 2.24) is 15.3 Å². The SMILES string of the molecule is C/C(=C/C(=N)c1occc1C#N)c1ncc(C=O)[nH]1.CNC(C1CC1)C(F)(F)F. The molecule has 1 saturated carbocycles. The number of allylic oxidation sites excluding steroid dienone is 2. The van der Waals surface area contributed by atoms with E-state index in [1.807, 2.05) is 6.07 Å². The van der Waals surface area contributed by atoms with Gasteiger partial charge in [-0.15, -0.1) is 0 Å². The highest BCUT2D eigenvalue weighted by molar-refractivity contribution is 6.09. The van der Waals surface area contributed by atoms with Gasteiger partial charge in [0.25, 0.3) is 0 Å². The molecular weight excluding hydrogens is 387 g/mol. The summed E-state index contributed by atoms with van der Waals surface area (Å²) in [4.78, 5) is 17.4. The van der Waals surface area contributed by atoms with Crippen LogP contribution in [-0.2, 0) is 0 Å². The lowest BCUT2D eigenvalue weighted by molar-refractivity contribution is -0.159. The molecule has 0 aromatic carbocycles. The van der Waals surface area contributed by atoms with Crippen LogP contribution in [0.25, 0.3) is 5.57 Å². The van der Waals surface area contributed by atoms with Crippen LogP contribution < -0.4 is 5.32 Å². The highest BCUT2D eigenvalue weighted by Crippen LogP contribution is 2.39. The van der Waals surface area contributed by atoms with Gasteiger partial charge in [0.05, 0.1) is 29.4 Å². The number of aromatic nitrogens is 2. The monoisotopic (exact) mass is 407 g/mol. The van der Waals surface area contributed by atoms with Crippen molar-refractivity contribution in [2.75, 3.05) is 7.05 Å². The molecule has 7 nitrogen and oxygen atoms in total. The van der Waals surface area contributed by atoms with E-state index >= 15 is 0 Å². The zero-order valence-corrected chi connectivity index (χ0v) is 15.8. The summed E-state index contributed by atoms with van der Waals surface area (Å²) in [6.45, 7) is 1.75. The second-order valence-electron chi connectivity index (χ2n) is 6.47. The lowest BCUT2D eigenvalue weighted by atomic mass is 10.1. The molecule has 1 unspecified atom stereocenters. The largest absolute Gasteiger partial charge is 0.461 e. The van der Waals surface area contributed by atoms with Crippen molar-refractivity contribution in [2.24, 2.45) is 5.92 Å². The minimum Gasteiger partial charge on any atom is -0.461 e. The van der Waals surface area contributed by atoms with Crippen LogP contribution in [0.2, 0.25) is 0 Å². The zero-order valence-electron chi connectivity index (χ0n) is 15.8. The van der Waals surface area contributed by atoms with Gasteiger partial charge in [-0.2, -0.15) is 18.4 Å². The zero-order chi connectivity index (χ0) is 21.6. The van der Waals surface area contributed by atoms with E-state index in [0.29, 0.717) is 41.8 Å². The number of furan rings is 1. The van der Waals surface area contributed by atoms with E-state index in [-0.39, 0.29) is 17.4 Å². The van der Waals surface area contributed by atoms with Gasteiger partial charge in [-0.1, -0.05) is 0 Å². The molecule has 2 heterocycles. The van der Waals surface area contributed by atoms with Gasteiger partial charge in [0.2, 0.25) is 0 Å². The molecule has 1 atom stereocenters. The van der Waals surface area contributed by atoms with E-state index in [0.717, 1.165) is 0 Å². The Kier molecular flexibility index (Phi) is 7.12. The van der Waals surface area contributed by atoms with Crippen molar-refractivity contribution < 1.29 is 22.4 Å². The molecule has 2 aromatic rings. The van der Waals surface area contributed by atoms with Gasteiger partial charge in [-0.05, 0) is 50.4 Å². The lowest BCUT2D eigenvalue weighted by Gasteiger charge is -2.18. The normalized spacial score (nSPS) is 15.1. The van der Waals surface area contributed by atoms with Gasteiger partial charge >= 0.3 is 6.18 Å². The molecule has 10 heteroatoms. The number of nitrogens with one attached hydrogen (secondary N) is 3. The Bertz CT molecular complexity index is 932. The number of rotatable bonds is 6. The average molecular weight is 407 g/mol. The summed E-state index contributed by atoms with van der Waals surface area (Å²) in [7, 11) is 1.36. The highest BCUT2D eigenvalue weighted by atomic mass is 19.4. The van der Waals surface area contributed by atoms with Crippen LogP contribution in [0, 0.1) is 22.7 Å². The number of imidazole rings is 1. The first kappa shape index (κ1) is 22.1. The number of halogens is 3. The number of hydrogen-bond donors (Lipinski definition) is 3. The van der Waals surface area contributed by atoms with Crippen LogP contribution in [0.1, 0.15) is 47.4 Å². The van der Waals surface area contributed by atoms with Gasteiger partial charge in [-0.25, -0.2) is 4.98 Å². The van der Waals surface area contributed by atoms with Crippen LogP contribution in [0.15, 0.2) is 29.0 Å². The summed E-state index contributed by atoms with van der Waals surface area (Å²) in [5.74, 6) is 0.547. The van der Waals surface area contributed by atoms with Crippen LogP contribution in [0.4, 0.5) is 13.2 Å². The number of carbonyl (C=O) groups is 1. The van der Waals surface area contributed by atoms with E-state index in [4.69, 9.17) is 15.1 Å². The average Bonchev–Trinajstić information content (AvgIpc) is 3.20. The maximum atomic E-state index is 11.9. The second-order valence-corrected chi connectivity index (χ2v) is 6.47. The van der Waals surface area contributed by atoms with E-state index in [2.05, 4.69) is 15.3 Å². The molecule has 0 radical (unpaired) electrons. The Morgan fingerprint density at radius 1 is 1.52 bits per heavy atom. The predicted molar refractivity (Wildman–Crippen MR) is 99.5 cm³/mol. The molecule has 1 aliphatic carbocycles. The van der Waals surface area contributed by atoms with Gasteiger partial charge in [0, 0.05) is 0 Å². The molecule has 1 fully saturated rings. The van der Waals surface area contributed by atoms with E-state index in [1.165, 1.54) is 31.7 Å². The van der Waals surface area contributed by atoms with Crippen LogP contribution >= 0.6 is 0 Å². The number of aldehydes is 1. The Hall–Kier alpha value is -3.19. The number of H-pyrrole nitrogens is 1. The fourth-order valence-corrected chi connectivity index (χ4v) is 2.65. The predicted octanol–water partition coefficient (Wildman–Crippen LogP) is 3.70. The number of aromatic amines is 1. The molecule has 2 aromatic heterocycles. The van der Waals surface area contributed by atoms with Gasteiger partial charge in [0.15, 0.2) is 12.0 Å². The fraction of sp³-hybridized carbons (Fsp3) is 0.368. The van der Waals surface area contributed by atoms with Crippen molar-refractivity contribution in [3.05, 3.63) is 47.4 Å². The topological polar surface area (TPSA) is 119 Å². The molecule has 0 saturated heterocycles. The maximum Gasteiger partial charge on any atom is 0.404 e. The summed E-state index contributed by atoms with van der Waals surface area (Å²) in [5.41, 5.74) is 1.41. The Morgan fingerprint density at radius 2 is 2.21 bits per heavy atom. The summed E-state index contributed by atoms with van der Waals surface area (Å²) in [6.07, 6.45) is 2.33. The van der Waals surface area contributed by atoms with Crippen molar-refractivity contribution >= 4 is 17.6 Å². The summed E-state index contributed by atoms with van der Waals surface area (Å²) < 4.78 is 40.9. The molecule has 29 heavy (non-hydrogen) atoms. The molecule has 0 aliphatic heterocycles. The molecular formula is C19H20F3N5O2. The van der Waals surface area contributed by atoms with E-state index in [9.17, 15) is 18.0 Å². The third kappa shape index (κ3) is 5.89. The molecule has 3 rings (SSSR count). The van der Waals surface area contributed by atoms with Gasteiger partial charge < -0.3 is 14.7 Å². The number of nitriles is 1. The van der Waals surface area contributed by atoms with Crippen LogP contribution in [0.3, 0.4) is 0 Å². The number of alkyl halides is 3. The molecule has 0 bridgehead atoms. The third-order valence-corrected chi connectivity index (χ3v) is 4.24. The molecule has 0 spiro atoms. The Labute approximate surface area is 165 Å². The van der Waals surface area contributed by atoms with Gasteiger partial charge in [0.1, 0.15) is 17.9 Å². The smallest absolute Gasteiger partial charge is 0.404 e. The van der Waals surface area contributed by atoms with Gasteiger partial charge in [-0.3, -0.25) is 10.2 Å². The standard InChI is InChI=1S/C13H10N4O2.C6H10F3N/c1-8(13-16-6-10(7-18)17-13)4-11(15)12-9(5-14)2-3-19-12;1-10-5(4-2-3-4)6(7,8)9/h2-4,6-7,15H,1H3,(H,16,17);4-5,10H,2-3H2,1H3/b8-4-,15-11?;. The highest BCUT2D eigenvalue weighted by Gasteiger charge is 2.47. The molecule has 0 amide bonds. The van der Waals surface area contributed by atoms with E-state index < -0.39 is 12.2 Å². The fourth-order valence-electron chi connectivity index (χ4n) is 2.65.